The summed E-state index contributed by atoms with van der Waals surface area (Å²) in [7, 11) is 0. The quantitative estimate of drug-likeness (QED) is 0.103. The van der Waals surface area contributed by atoms with Gasteiger partial charge in [-0.15, -0.1) is 0 Å². The van der Waals surface area contributed by atoms with Crippen LogP contribution in [0.15, 0.2) is 0 Å². The van der Waals surface area contributed by atoms with Gasteiger partial charge in [0, 0.05) is 12.8 Å². The minimum absolute atomic E-state index is 0.0119. The average molecular weight is 455 g/mol. The molecule has 0 fully saturated rings. The van der Waals surface area contributed by atoms with Crippen LogP contribution in [0.4, 0.5) is 0 Å². The normalized spacial score (nSPS) is 12.2. The van der Waals surface area contributed by atoms with Crippen molar-refractivity contribution >= 4 is 11.9 Å². The number of ether oxygens (including phenoxy) is 1. The fourth-order valence-corrected chi connectivity index (χ4v) is 3.95. The summed E-state index contributed by atoms with van der Waals surface area (Å²) in [4.78, 5) is 26.2. The van der Waals surface area contributed by atoms with Gasteiger partial charge in [-0.1, -0.05) is 118 Å². The lowest BCUT2D eigenvalue weighted by atomic mass is 10.0. The molecule has 5 nitrogen and oxygen atoms in total. The molecule has 0 aromatic carbocycles. The molecule has 0 spiro atoms. The van der Waals surface area contributed by atoms with Gasteiger partial charge in [-0.2, -0.15) is 0 Å². The van der Waals surface area contributed by atoms with Crippen molar-refractivity contribution in [3.8, 4) is 0 Å². The van der Waals surface area contributed by atoms with Crippen molar-refractivity contribution in [3.05, 3.63) is 0 Å². The van der Waals surface area contributed by atoms with E-state index in [4.69, 9.17) is 4.74 Å². The summed E-state index contributed by atoms with van der Waals surface area (Å²) < 4.78 is 5.42. The second-order valence-corrected chi connectivity index (χ2v) is 9.12. The molecule has 0 aliphatic rings. The van der Waals surface area contributed by atoms with Crippen LogP contribution >= 0.6 is 0 Å². The highest BCUT2D eigenvalue weighted by atomic mass is 16.6. The molecule has 32 heavy (non-hydrogen) atoms. The summed E-state index contributed by atoms with van der Waals surface area (Å²) >= 11 is 0. The highest BCUT2D eigenvalue weighted by Gasteiger charge is 2.16. The van der Waals surface area contributed by atoms with E-state index >= 15 is 0 Å². The van der Waals surface area contributed by atoms with Crippen LogP contribution in [-0.2, 0) is 14.3 Å². The van der Waals surface area contributed by atoms with Crippen molar-refractivity contribution in [2.75, 3.05) is 19.6 Å². The van der Waals surface area contributed by atoms with Crippen LogP contribution in [0.2, 0.25) is 0 Å². The lowest BCUT2D eigenvalue weighted by Crippen LogP contribution is -2.40. The molecule has 0 saturated carbocycles. The van der Waals surface area contributed by atoms with Crippen molar-refractivity contribution in [2.45, 2.75) is 143 Å². The van der Waals surface area contributed by atoms with E-state index in [1.165, 1.54) is 83.5 Å². The predicted octanol–water partition coefficient (Wildman–Crippen LogP) is 6.99. The zero-order chi connectivity index (χ0) is 23.9. The van der Waals surface area contributed by atoms with Gasteiger partial charge in [0.1, 0.15) is 0 Å². The molecule has 0 rings (SSSR count). The SMILES string of the molecule is CCCCCCCCCCCCCCCCCC(=O)NC(CC)OC(=O)CN(CC)CC. The Kier molecular flexibility index (Phi) is 22.3. The molecule has 1 N–H and O–H groups in total. The van der Waals surface area contributed by atoms with Gasteiger partial charge in [-0.25, -0.2) is 0 Å². The zero-order valence-corrected chi connectivity index (χ0v) is 21.9. The first-order valence-corrected chi connectivity index (χ1v) is 13.8. The molecule has 0 radical (unpaired) electrons. The number of nitrogens with zero attached hydrogens (tertiary/aromatic N) is 1. The Bertz CT molecular complexity index is 439. The van der Waals surface area contributed by atoms with Gasteiger partial charge in [0.05, 0.1) is 6.54 Å². The highest BCUT2D eigenvalue weighted by Crippen LogP contribution is 2.13. The fraction of sp³-hybridized carbons (Fsp3) is 0.926. The molecule has 1 amide bonds. The number of esters is 1. The summed E-state index contributed by atoms with van der Waals surface area (Å²) in [5.41, 5.74) is 0. The van der Waals surface area contributed by atoms with E-state index in [1.807, 2.05) is 25.7 Å². The fourth-order valence-electron chi connectivity index (χ4n) is 3.95. The van der Waals surface area contributed by atoms with Crippen LogP contribution < -0.4 is 5.32 Å². The minimum Gasteiger partial charge on any atom is -0.441 e. The molecule has 190 valence electrons. The number of hydrogen-bond donors (Lipinski definition) is 1. The van der Waals surface area contributed by atoms with Crippen molar-refractivity contribution < 1.29 is 14.3 Å². The monoisotopic (exact) mass is 454 g/mol. The molecule has 0 aliphatic carbocycles. The number of amides is 1. The molecular formula is C27H54N2O3. The Morgan fingerprint density at radius 3 is 1.53 bits per heavy atom. The Hall–Kier alpha value is -1.10. The molecule has 0 aromatic rings. The maximum absolute atomic E-state index is 12.1. The Labute approximate surface area is 199 Å². The van der Waals surface area contributed by atoms with E-state index < -0.39 is 6.23 Å². The van der Waals surface area contributed by atoms with Gasteiger partial charge in [0.2, 0.25) is 5.91 Å². The van der Waals surface area contributed by atoms with Gasteiger partial charge in [-0.3, -0.25) is 14.5 Å². The van der Waals surface area contributed by atoms with Gasteiger partial charge >= 0.3 is 5.97 Å². The maximum Gasteiger partial charge on any atom is 0.322 e. The summed E-state index contributed by atoms with van der Waals surface area (Å²) in [6, 6.07) is 0. The Morgan fingerprint density at radius 2 is 1.12 bits per heavy atom. The van der Waals surface area contributed by atoms with Gasteiger partial charge in [0.15, 0.2) is 6.23 Å². The van der Waals surface area contributed by atoms with Gasteiger partial charge in [-0.05, 0) is 19.5 Å². The van der Waals surface area contributed by atoms with E-state index in [-0.39, 0.29) is 18.4 Å². The van der Waals surface area contributed by atoms with E-state index in [0.29, 0.717) is 12.8 Å². The summed E-state index contributed by atoms with van der Waals surface area (Å²) in [6.07, 6.45) is 20.4. The van der Waals surface area contributed by atoms with Crippen molar-refractivity contribution in [2.24, 2.45) is 0 Å². The van der Waals surface area contributed by atoms with Gasteiger partial charge < -0.3 is 10.1 Å². The first-order chi connectivity index (χ1) is 15.6. The van der Waals surface area contributed by atoms with E-state index in [0.717, 1.165) is 25.9 Å². The number of hydrogen-bond acceptors (Lipinski definition) is 4. The Morgan fingerprint density at radius 1 is 0.688 bits per heavy atom. The van der Waals surface area contributed by atoms with Crippen molar-refractivity contribution in [3.63, 3.8) is 0 Å². The molecule has 0 saturated heterocycles. The molecule has 0 heterocycles. The lowest BCUT2D eigenvalue weighted by Gasteiger charge is -2.21. The smallest absolute Gasteiger partial charge is 0.322 e. The van der Waals surface area contributed by atoms with Crippen LogP contribution in [-0.4, -0.2) is 42.6 Å². The third-order valence-corrected chi connectivity index (χ3v) is 6.22. The van der Waals surface area contributed by atoms with E-state index in [2.05, 4.69) is 12.2 Å². The third-order valence-electron chi connectivity index (χ3n) is 6.22. The number of nitrogens with one attached hydrogen (secondary N) is 1. The summed E-state index contributed by atoms with van der Waals surface area (Å²) in [6.45, 7) is 10.1. The summed E-state index contributed by atoms with van der Waals surface area (Å²) in [5.74, 6) is -0.282. The van der Waals surface area contributed by atoms with Crippen LogP contribution in [0.3, 0.4) is 0 Å². The number of likely N-dealkylation sites (N-methyl/N-ethyl adjacent to an activating group) is 1. The molecule has 5 heteroatoms. The lowest BCUT2D eigenvalue weighted by molar-refractivity contribution is -0.153. The second-order valence-electron chi connectivity index (χ2n) is 9.12. The maximum atomic E-state index is 12.1. The predicted molar refractivity (Wildman–Crippen MR) is 136 cm³/mol. The van der Waals surface area contributed by atoms with E-state index in [9.17, 15) is 9.59 Å². The first-order valence-electron chi connectivity index (χ1n) is 13.8. The molecule has 1 atom stereocenters. The third kappa shape index (κ3) is 19.6. The van der Waals surface area contributed by atoms with Gasteiger partial charge in [0.25, 0.3) is 0 Å². The van der Waals surface area contributed by atoms with Crippen molar-refractivity contribution in [1.82, 2.24) is 10.2 Å². The largest absolute Gasteiger partial charge is 0.441 e. The molecule has 0 aromatic heterocycles. The van der Waals surface area contributed by atoms with Crippen LogP contribution in [0.25, 0.3) is 0 Å². The average Bonchev–Trinajstić information content (AvgIpc) is 2.79. The molecule has 0 aliphatic heterocycles. The second kappa shape index (κ2) is 23.1. The number of rotatable bonds is 23. The minimum atomic E-state index is -0.512. The van der Waals surface area contributed by atoms with E-state index in [1.54, 1.807) is 0 Å². The Balaban J connectivity index is 3.57. The number of carbonyl (C=O) groups excluding carboxylic acids is 2. The first kappa shape index (κ1) is 30.9. The number of unbranched alkanes of at least 4 members (excludes halogenated alkanes) is 14. The molecular weight excluding hydrogens is 400 g/mol. The van der Waals surface area contributed by atoms with Crippen LogP contribution in [0.5, 0.6) is 0 Å². The van der Waals surface area contributed by atoms with Crippen LogP contribution in [0, 0.1) is 0 Å². The topological polar surface area (TPSA) is 58.6 Å². The zero-order valence-electron chi connectivity index (χ0n) is 21.9. The molecule has 0 bridgehead atoms. The molecule has 1 unspecified atom stereocenters. The van der Waals surface area contributed by atoms with Crippen molar-refractivity contribution in [1.29, 1.82) is 0 Å². The van der Waals surface area contributed by atoms with Crippen LogP contribution in [0.1, 0.15) is 137 Å². The summed E-state index contributed by atoms with van der Waals surface area (Å²) in [5, 5.41) is 2.86. The standard InChI is InChI=1S/C27H54N2O3/c1-5-9-10-11-12-13-14-15-16-17-18-19-20-21-22-23-25(30)28-26(6-2)32-27(31)24-29(7-3)8-4/h26H,5-24H2,1-4H3,(H,28,30). The number of carbonyl (C=O) groups is 2. The highest BCUT2D eigenvalue weighted by molar-refractivity contribution is 5.77.